The number of esters is 1. The number of methoxy groups -OCH3 is 1. The average molecular weight is 230 g/mol. The molecule has 0 aromatic heterocycles. The molecule has 1 aliphatic rings. The van der Waals surface area contributed by atoms with Crippen molar-refractivity contribution in [3.63, 3.8) is 0 Å². The van der Waals surface area contributed by atoms with E-state index in [0.717, 1.165) is 26.1 Å². The van der Waals surface area contributed by atoms with Crippen molar-refractivity contribution in [2.75, 3.05) is 39.9 Å². The van der Waals surface area contributed by atoms with E-state index in [1.165, 1.54) is 7.11 Å². The van der Waals surface area contributed by atoms with Crippen molar-refractivity contribution in [3.8, 4) is 0 Å². The summed E-state index contributed by atoms with van der Waals surface area (Å²) in [6.07, 6.45) is 0.795. The lowest BCUT2D eigenvalue weighted by molar-refractivity contribution is -0.147. The standard InChI is InChI=1S/C11H22N2O3/c1-3-13-7-9(11(15)16-2)6-10(8-13)12-4-5-14/h9-10,12,14H,3-8H2,1-2H3. The van der Waals surface area contributed by atoms with E-state index in [4.69, 9.17) is 9.84 Å². The zero-order valence-electron chi connectivity index (χ0n) is 10.1. The van der Waals surface area contributed by atoms with Crippen LogP contribution >= 0.6 is 0 Å². The van der Waals surface area contributed by atoms with Crippen molar-refractivity contribution in [1.29, 1.82) is 0 Å². The fraction of sp³-hybridized carbons (Fsp3) is 0.909. The number of likely N-dealkylation sites (tertiary alicyclic amines) is 1. The van der Waals surface area contributed by atoms with Gasteiger partial charge >= 0.3 is 5.97 Å². The van der Waals surface area contributed by atoms with Crippen LogP contribution in [0.25, 0.3) is 0 Å². The molecule has 2 unspecified atom stereocenters. The van der Waals surface area contributed by atoms with E-state index in [9.17, 15) is 4.79 Å². The average Bonchev–Trinajstić information content (AvgIpc) is 2.34. The minimum Gasteiger partial charge on any atom is -0.469 e. The number of carbonyl (C=O) groups excluding carboxylic acids is 1. The molecular formula is C11H22N2O3. The minimum absolute atomic E-state index is 0.0464. The van der Waals surface area contributed by atoms with E-state index in [0.29, 0.717) is 6.54 Å². The van der Waals surface area contributed by atoms with Crippen molar-refractivity contribution < 1.29 is 14.6 Å². The molecule has 1 fully saturated rings. The van der Waals surface area contributed by atoms with Crippen LogP contribution in [0.2, 0.25) is 0 Å². The Bertz CT molecular complexity index is 223. The largest absolute Gasteiger partial charge is 0.469 e. The fourth-order valence-corrected chi connectivity index (χ4v) is 2.20. The second-order valence-corrected chi connectivity index (χ2v) is 4.18. The predicted molar refractivity (Wildman–Crippen MR) is 61.1 cm³/mol. The molecule has 0 aromatic carbocycles. The Kier molecular flexibility index (Phi) is 5.73. The van der Waals surface area contributed by atoms with Crippen LogP contribution in [-0.4, -0.2) is 61.9 Å². The third-order valence-corrected chi connectivity index (χ3v) is 3.05. The van der Waals surface area contributed by atoms with E-state index in [2.05, 4.69) is 17.1 Å². The first-order valence-corrected chi connectivity index (χ1v) is 5.85. The molecule has 94 valence electrons. The third kappa shape index (κ3) is 3.73. The predicted octanol–water partition coefficient (Wildman–Crippen LogP) is -0.548. The number of aliphatic hydroxyl groups is 1. The van der Waals surface area contributed by atoms with Gasteiger partial charge in [0.05, 0.1) is 19.6 Å². The first kappa shape index (κ1) is 13.4. The van der Waals surface area contributed by atoms with Gasteiger partial charge in [-0.25, -0.2) is 0 Å². The highest BCUT2D eigenvalue weighted by Crippen LogP contribution is 2.17. The molecule has 0 spiro atoms. The van der Waals surface area contributed by atoms with Gasteiger partial charge in [0.15, 0.2) is 0 Å². The van der Waals surface area contributed by atoms with Crippen LogP contribution in [0.4, 0.5) is 0 Å². The van der Waals surface area contributed by atoms with E-state index in [1.807, 2.05) is 0 Å². The summed E-state index contributed by atoms with van der Waals surface area (Å²) in [6, 6.07) is 0.268. The summed E-state index contributed by atoms with van der Waals surface area (Å²) in [4.78, 5) is 13.8. The first-order chi connectivity index (χ1) is 7.71. The molecular weight excluding hydrogens is 208 g/mol. The van der Waals surface area contributed by atoms with Gasteiger partial charge < -0.3 is 20.1 Å². The van der Waals surface area contributed by atoms with Crippen molar-refractivity contribution in [1.82, 2.24) is 10.2 Å². The maximum atomic E-state index is 11.5. The minimum atomic E-state index is -0.131. The molecule has 2 atom stereocenters. The molecule has 16 heavy (non-hydrogen) atoms. The number of hydrogen-bond acceptors (Lipinski definition) is 5. The third-order valence-electron chi connectivity index (χ3n) is 3.05. The summed E-state index contributed by atoms with van der Waals surface area (Å²) in [5.74, 6) is -0.177. The van der Waals surface area contributed by atoms with Crippen LogP contribution in [0.3, 0.4) is 0 Å². The highest BCUT2D eigenvalue weighted by atomic mass is 16.5. The van der Waals surface area contributed by atoms with Crippen LogP contribution in [0, 0.1) is 5.92 Å². The second-order valence-electron chi connectivity index (χ2n) is 4.18. The van der Waals surface area contributed by atoms with Crippen molar-refractivity contribution in [2.24, 2.45) is 5.92 Å². The fourth-order valence-electron chi connectivity index (χ4n) is 2.20. The van der Waals surface area contributed by atoms with Gasteiger partial charge in [-0.3, -0.25) is 4.79 Å². The highest BCUT2D eigenvalue weighted by Gasteiger charge is 2.31. The van der Waals surface area contributed by atoms with Crippen molar-refractivity contribution in [2.45, 2.75) is 19.4 Å². The lowest BCUT2D eigenvalue weighted by atomic mass is 9.94. The van der Waals surface area contributed by atoms with Gasteiger partial charge in [-0.15, -0.1) is 0 Å². The monoisotopic (exact) mass is 230 g/mol. The highest BCUT2D eigenvalue weighted by molar-refractivity contribution is 5.72. The Balaban J connectivity index is 2.50. The van der Waals surface area contributed by atoms with E-state index in [-0.39, 0.29) is 24.5 Å². The maximum Gasteiger partial charge on any atom is 0.310 e. The lowest BCUT2D eigenvalue weighted by Crippen LogP contribution is -2.51. The van der Waals surface area contributed by atoms with Crippen LogP contribution in [0.5, 0.6) is 0 Å². The molecule has 0 radical (unpaired) electrons. The second kappa shape index (κ2) is 6.83. The number of ether oxygens (including phenoxy) is 1. The number of rotatable bonds is 5. The molecule has 1 aliphatic heterocycles. The quantitative estimate of drug-likeness (QED) is 0.621. The maximum absolute atomic E-state index is 11.5. The molecule has 0 saturated carbocycles. The number of carbonyl (C=O) groups is 1. The van der Waals surface area contributed by atoms with Crippen LogP contribution in [0.1, 0.15) is 13.3 Å². The SMILES string of the molecule is CCN1CC(NCCO)CC(C(=O)OC)C1. The van der Waals surface area contributed by atoms with E-state index in [1.54, 1.807) is 0 Å². The van der Waals surface area contributed by atoms with Crippen LogP contribution in [0.15, 0.2) is 0 Å². The molecule has 0 bridgehead atoms. The zero-order valence-corrected chi connectivity index (χ0v) is 10.1. The Hall–Kier alpha value is -0.650. The van der Waals surface area contributed by atoms with Crippen LogP contribution in [-0.2, 0) is 9.53 Å². The van der Waals surface area contributed by atoms with Gasteiger partial charge in [0, 0.05) is 25.7 Å². The van der Waals surface area contributed by atoms with Gasteiger partial charge in [-0.05, 0) is 13.0 Å². The number of nitrogens with zero attached hydrogens (tertiary/aromatic N) is 1. The molecule has 2 N–H and O–H groups in total. The van der Waals surface area contributed by atoms with Crippen molar-refractivity contribution >= 4 is 5.97 Å². The summed E-state index contributed by atoms with van der Waals surface area (Å²) in [5, 5.41) is 12.0. The van der Waals surface area contributed by atoms with Crippen molar-refractivity contribution in [3.05, 3.63) is 0 Å². The summed E-state index contributed by atoms with van der Waals surface area (Å²) in [5.41, 5.74) is 0. The number of nitrogens with one attached hydrogen (secondary N) is 1. The molecule has 5 nitrogen and oxygen atoms in total. The molecule has 1 rings (SSSR count). The lowest BCUT2D eigenvalue weighted by Gasteiger charge is -2.36. The van der Waals surface area contributed by atoms with Gasteiger partial charge in [-0.2, -0.15) is 0 Å². The summed E-state index contributed by atoms with van der Waals surface area (Å²) in [7, 11) is 1.43. The topological polar surface area (TPSA) is 61.8 Å². The van der Waals surface area contributed by atoms with Gasteiger partial charge in [0.2, 0.25) is 0 Å². The molecule has 1 saturated heterocycles. The van der Waals surface area contributed by atoms with Gasteiger partial charge in [0.25, 0.3) is 0 Å². The molecule has 1 heterocycles. The Morgan fingerprint density at radius 2 is 2.31 bits per heavy atom. The summed E-state index contributed by atoms with van der Waals surface area (Å²) in [6.45, 7) is 5.44. The zero-order chi connectivity index (χ0) is 12.0. The van der Waals surface area contributed by atoms with Gasteiger partial charge in [0.1, 0.15) is 0 Å². The number of hydrogen-bond donors (Lipinski definition) is 2. The Morgan fingerprint density at radius 3 is 2.88 bits per heavy atom. The molecule has 0 aliphatic carbocycles. The molecule has 0 amide bonds. The number of likely N-dealkylation sites (N-methyl/N-ethyl adjacent to an activating group) is 1. The summed E-state index contributed by atoms with van der Waals surface area (Å²) >= 11 is 0. The van der Waals surface area contributed by atoms with E-state index < -0.39 is 0 Å². The van der Waals surface area contributed by atoms with Gasteiger partial charge in [-0.1, -0.05) is 6.92 Å². The molecule has 5 heteroatoms. The smallest absolute Gasteiger partial charge is 0.310 e. The summed E-state index contributed by atoms with van der Waals surface area (Å²) < 4.78 is 4.79. The number of aliphatic hydroxyl groups excluding tert-OH is 1. The Labute approximate surface area is 96.8 Å². The number of piperidine rings is 1. The normalized spacial score (nSPS) is 26.7. The van der Waals surface area contributed by atoms with Crippen LogP contribution < -0.4 is 5.32 Å². The Morgan fingerprint density at radius 1 is 1.56 bits per heavy atom. The van der Waals surface area contributed by atoms with E-state index >= 15 is 0 Å². The first-order valence-electron chi connectivity index (χ1n) is 5.85. The molecule has 0 aromatic rings.